The quantitative estimate of drug-likeness (QED) is 0.905. The molecule has 0 amide bonds. The Labute approximate surface area is 127 Å². The molecule has 1 N–H and O–H groups in total. The Balaban J connectivity index is 1.95. The average Bonchev–Trinajstić information content (AvgIpc) is 2.43. The fourth-order valence-corrected chi connectivity index (χ4v) is 1.98. The van der Waals surface area contributed by atoms with E-state index in [4.69, 9.17) is 4.74 Å². The van der Waals surface area contributed by atoms with Crippen molar-refractivity contribution in [3.63, 3.8) is 0 Å². The molecule has 0 unspecified atom stereocenters. The van der Waals surface area contributed by atoms with Gasteiger partial charge in [0.05, 0.1) is 0 Å². The number of hydrogen-bond acceptors (Lipinski definition) is 3. The van der Waals surface area contributed by atoms with Gasteiger partial charge in [-0.25, -0.2) is 0 Å². The minimum absolute atomic E-state index is 0.115. The van der Waals surface area contributed by atoms with Gasteiger partial charge in [-0.2, -0.15) is 0 Å². The molecule has 0 aliphatic rings. The molecule has 0 aliphatic carbocycles. The zero-order chi connectivity index (χ0) is 15.3. The SMILES string of the molecule is Cc1cncc(COc2cccc(CNC(C)(C)C)c2)c1. The highest BCUT2D eigenvalue weighted by Gasteiger charge is 2.08. The van der Waals surface area contributed by atoms with Gasteiger partial charge in [0.2, 0.25) is 0 Å². The van der Waals surface area contributed by atoms with Crippen LogP contribution in [-0.2, 0) is 13.2 Å². The summed E-state index contributed by atoms with van der Waals surface area (Å²) in [5.74, 6) is 0.893. The normalized spacial score (nSPS) is 11.4. The number of pyridine rings is 1. The van der Waals surface area contributed by atoms with Crippen molar-refractivity contribution in [1.29, 1.82) is 0 Å². The standard InChI is InChI=1S/C18H24N2O/c1-14-8-16(11-19-10-14)13-21-17-7-5-6-15(9-17)12-20-18(2,3)4/h5-11,20H,12-13H2,1-4H3. The van der Waals surface area contributed by atoms with Gasteiger partial charge in [0, 0.05) is 30.0 Å². The lowest BCUT2D eigenvalue weighted by Crippen LogP contribution is -2.35. The lowest BCUT2D eigenvalue weighted by molar-refractivity contribution is 0.305. The third kappa shape index (κ3) is 5.56. The summed E-state index contributed by atoms with van der Waals surface area (Å²) < 4.78 is 5.85. The highest BCUT2D eigenvalue weighted by Crippen LogP contribution is 2.16. The third-order valence-electron chi connectivity index (χ3n) is 3.06. The number of hydrogen-bond donors (Lipinski definition) is 1. The van der Waals surface area contributed by atoms with E-state index in [1.165, 1.54) is 5.56 Å². The molecule has 112 valence electrons. The van der Waals surface area contributed by atoms with Crippen molar-refractivity contribution < 1.29 is 4.74 Å². The Bertz CT molecular complexity index is 588. The maximum Gasteiger partial charge on any atom is 0.120 e. The minimum atomic E-state index is 0.115. The number of aryl methyl sites for hydroxylation is 1. The molecule has 0 bridgehead atoms. The van der Waals surface area contributed by atoms with Crippen molar-refractivity contribution in [1.82, 2.24) is 10.3 Å². The molecule has 2 rings (SSSR count). The molecule has 21 heavy (non-hydrogen) atoms. The maximum atomic E-state index is 5.85. The van der Waals surface area contributed by atoms with Gasteiger partial charge in [-0.05, 0) is 57.0 Å². The maximum absolute atomic E-state index is 5.85. The van der Waals surface area contributed by atoms with Gasteiger partial charge < -0.3 is 10.1 Å². The summed E-state index contributed by atoms with van der Waals surface area (Å²) in [6, 6.07) is 10.3. The molecule has 0 fully saturated rings. The van der Waals surface area contributed by atoms with Gasteiger partial charge in [-0.1, -0.05) is 12.1 Å². The highest BCUT2D eigenvalue weighted by atomic mass is 16.5. The Morgan fingerprint density at radius 3 is 2.62 bits per heavy atom. The van der Waals surface area contributed by atoms with Crippen molar-refractivity contribution >= 4 is 0 Å². The first-order valence-electron chi connectivity index (χ1n) is 7.30. The molecule has 1 aromatic carbocycles. The molecule has 0 aliphatic heterocycles. The molecule has 2 aromatic rings. The second kappa shape index (κ2) is 6.72. The van der Waals surface area contributed by atoms with Crippen LogP contribution in [0.4, 0.5) is 0 Å². The van der Waals surface area contributed by atoms with Crippen molar-refractivity contribution in [2.75, 3.05) is 0 Å². The van der Waals surface area contributed by atoms with Crippen LogP contribution in [-0.4, -0.2) is 10.5 Å². The molecule has 3 nitrogen and oxygen atoms in total. The summed E-state index contributed by atoms with van der Waals surface area (Å²) >= 11 is 0. The van der Waals surface area contributed by atoms with Crippen molar-refractivity contribution in [2.45, 2.75) is 46.4 Å². The van der Waals surface area contributed by atoms with Crippen LogP contribution in [0.3, 0.4) is 0 Å². The van der Waals surface area contributed by atoms with Gasteiger partial charge in [0.25, 0.3) is 0 Å². The Morgan fingerprint density at radius 2 is 1.90 bits per heavy atom. The Kier molecular flexibility index (Phi) is 4.97. The van der Waals surface area contributed by atoms with E-state index in [1.807, 2.05) is 31.5 Å². The lowest BCUT2D eigenvalue weighted by atomic mass is 10.1. The summed E-state index contributed by atoms with van der Waals surface area (Å²) in [6.07, 6.45) is 3.69. The number of nitrogens with zero attached hydrogens (tertiary/aromatic N) is 1. The van der Waals surface area contributed by atoms with Gasteiger partial charge in [0.15, 0.2) is 0 Å². The highest BCUT2D eigenvalue weighted by molar-refractivity contribution is 5.29. The average molecular weight is 284 g/mol. The summed E-state index contributed by atoms with van der Waals surface area (Å²) in [4.78, 5) is 4.18. The zero-order valence-corrected chi connectivity index (χ0v) is 13.3. The van der Waals surface area contributed by atoms with Gasteiger partial charge in [0.1, 0.15) is 12.4 Å². The number of ether oxygens (including phenoxy) is 1. The first-order valence-corrected chi connectivity index (χ1v) is 7.30. The van der Waals surface area contributed by atoms with Crippen molar-refractivity contribution in [3.8, 4) is 5.75 Å². The number of benzene rings is 1. The van der Waals surface area contributed by atoms with Crippen LogP contribution in [0.15, 0.2) is 42.7 Å². The van der Waals surface area contributed by atoms with E-state index in [1.54, 1.807) is 0 Å². The molecule has 0 saturated carbocycles. The third-order valence-corrected chi connectivity index (χ3v) is 3.06. The second-order valence-corrected chi connectivity index (χ2v) is 6.41. The van der Waals surface area contributed by atoms with Crippen molar-refractivity contribution in [3.05, 3.63) is 59.4 Å². The molecule has 1 heterocycles. The molecular weight excluding hydrogens is 260 g/mol. The molecule has 0 spiro atoms. The van der Waals surface area contributed by atoms with E-state index in [2.05, 4.69) is 49.3 Å². The molecule has 0 atom stereocenters. The molecule has 0 saturated heterocycles. The zero-order valence-electron chi connectivity index (χ0n) is 13.3. The minimum Gasteiger partial charge on any atom is -0.489 e. The Hall–Kier alpha value is -1.87. The van der Waals surface area contributed by atoms with E-state index in [0.29, 0.717) is 6.61 Å². The number of aromatic nitrogens is 1. The molecule has 1 aromatic heterocycles. The van der Waals surface area contributed by atoms with E-state index in [0.717, 1.165) is 23.4 Å². The van der Waals surface area contributed by atoms with Gasteiger partial charge in [-0.15, -0.1) is 0 Å². The topological polar surface area (TPSA) is 34.1 Å². The monoisotopic (exact) mass is 284 g/mol. The fraction of sp³-hybridized carbons (Fsp3) is 0.389. The van der Waals surface area contributed by atoms with E-state index >= 15 is 0 Å². The van der Waals surface area contributed by atoms with Crippen molar-refractivity contribution in [2.24, 2.45) is 0 Å². The van der Waals surface area contributed by atoms with Gasteiger partial charge >= 0.3 is 0 Å². The van der Waals surface area contributed by atoms with Crippen LogP contribution in [0.1, 0.15) is 37.5 Å². The Morgan fingerprint density at radius 1 is 1.10 bits per heavy atom. The smallest absolute Gasteiger partial charge is 0.120 e. The molecule has 3 heteroatoms. The van der Waals surface area contributed by atoms with E-state index < -0.39 is 0 Å². The predicted octanol–water partition coefficient (Wildman–Crippen LogP) is 3.86. The van der Waals surface area contributed by atoms with Crippen LogP contribution in [0.25, 0.3) is 0 Å². The second-order valence-electron chi connectivity index (χ2n) is 6.41. The summed E-state index contributed by atoms with van der Waals surface area (Å²) in [5.41, 5.74) is 3.58. The van der Waals surface area contributed by atoms with Crippen LogP contribution in [0.2, 0.25) is 0 Å². The van der Waals surface area contributed by atoms with Crippen LogP contribution in [0.5, 0.6) is 5.75 Å². The lowest BCUT2D eigenvalue weighted by Gasteiger charge is -2.20. The first kappa shape index (κ1) is 15.5. The van der Waals surface area contributed by atoms with Crippen LogP contribution >= 0.6 is 0 Å². The number of rotatable bonds is 5. The van der Waals surface area contributed by atoms with Gasteiger partial charge in [-0.3, -0.25) is 4.98 Å². The predicted molar refractivity (Wildman–Crippen MR) is 86.3 cm³/mol. The fourth-order valence-electron chi connectivity index (χ4n) is 1.98. The largest absolute Gasteiger partial charge is 0.489 e. The summed E-state index contributed by atoms with van der Waals surface area (Å²) in [5, 5.41) is 3.48. The van der Waals surface area contributed by atoms with Crippen LogP contribution in [0, 0.1) is 6.92 Å². The van der Waals surface area contributed by atoms with E-state index in [-0.39, 0.29) is 5.54 Å². The first-order chi connectivity index (χ1) is 9.92. The number of nitrogens with one attached hydrogen (secondary N) is 1. The molecular formula is C18H24N2O. The summed E-state index contributed by atoms with van der Waals surface area (Å²) in [7, 11) is 0. The van der Waals surface area contributed by atoms with Crippen LogP contribution < -0.4 is 10.1 Å². The van der Waals surface area contributed by atoms with E-state index in [9.17, 15) is 0 Å². The molecule has 0 radical (unpaired) electrons. The summed E-state index contributed by atoms with van der Waals surface area (Å²) in [6.45, 7) is 9.92.